The van der Waals surface area contributed by atoms with Crippen LogP contribution in [0.15, 0.2) is 48.5 Å². The van der Waals surface area contributed by atoms with Crippen LogP contribution in [0.4, 0.5) is 0 Å². The molecule has 2 aromatic carbocycles. The number of methoxy groups -OCH3 is 1. The highest BCUT2D eigenvalue weighted by Crippen LogP contribution is 2.39. The fraction of sp³-hybridized carbons (Fsp3) is 0.263. The van der Waals surface area contributed by atoms with Crippen LogP contribution in [0.25, 0.3) is 22.8 Å². The Morgan fingerprint density at radius 3 is 2.39 bits per heavy atom. The second-order valence-corrected chi connectivity index (χ2v) is 6.56. The molecule has 0 bridgehead atoms. The number of hydrogen-bond donors (Lipinski definition) is 0. The van der Waals surface area contributed by atoms with Crippen molar-refractivity contribution in [2.75, 3.05) is 7.11 Å². The van der Waals surface area contributed by atoms with E-state index in [-0.39, 0.29) is 5.54 Å². The fourth-order valence-corrected chi connectivity index (χ4v) is 3.40. The average molecular weight is 305 g/mol. The van der Waals surface area contributed by atoms with Crippen LogP contribution >= 0.6 is 0 Å². The van der Waals surface area contributed by atoms with E-state index in [0.717, 1.165) is 29.4 Å². The summed E-state index contributed by atoms with van der Waals surface area (Å²) in [6.07, 6.45) is 0.970. The van der Waals surface area contributed by atoms with Gasteiger partial charge in [0.15, 0.2) is 11.6 Å². The van der Waals surface area contributed by atoms with Gasteiger partial charge in [-0.2, -0.15) is 0 Å². The molecule has 3 aromatic rings. The van der Waals surface area contributed by atoms with Crippen molar-refractivity contribution in [3.8, 4) is 28.5 Å². The molecular formula is C19H19N3O. The van der Waals surface area contributed by atoms with Gasteiger partial charge in [0.25, 0.3) is 0 Å². The van der Waals surface area contributed by atoms with E-state index in [2.05, 4.69) is 52.9 Å². The van der Waals surface area contributed by atoms with Gasteiger partial charge in [-0.1, -0.05) is 24.3 Å². The monoisotopic (exact) mass is 305 g/mol. The molecule has 1 aliphatic rings. The van der Waals surface area contributed by atoms with Gasteiger partial charge < -0.3 is 9.30 Å². The largest absolute Gasteiger partial charge is 0.497 e. The third-order valence-electron chi connectivity index (χ3n) is 4.50. The van der Waals surface area contributed by atoms with E-state index in [1.807, 2.05) is 24.3 Å². The summed E-state index contributed by atoms with van der Waals surface area (Å²) in [5, 5.41) is 8.98. The van der Waals surface area contributed by atoms with Crippen LogP contribution in [0.3, 0.4) is 0 Å². The molecular weight excluding hydrogens is 286 g/mol. The second-order valence-electron chi connectivity index (χ2n) is 6.56. The van der Waals surface area contributed by atoms with Crippen molar-refractivity contribution in [3.05, 3.63) is 54.1 Å². The number of aromatic nitrogens is 3. The smallest absolute Gasteiger partial charge is 0.165 e. The van der Waals surface area contributed by atoms with E-state index in [9.17, 15) is 0 Å². The van der Waals surface area contributed by atoms with Gasteiger partial charge in [0.2, 0.25) is 0 Å². The third-order valence-corrected chi connectivity index (χ3v) is 4.50. The first-order chi connectivity index (χ1) is 11.1. The molecule has 0 saturated carbocycles. The molecule has 0 N–H and O–H groups in total. The van der Waals surface area contributed by atoms with Gasteiger partial charge in [0.1, 0.15) is 5.75 Å². The van der Waals surface area contributed by atoms with Gasteiger partial charge in [0.05, 0.1) is 7.11 Å². The quantitative estimate of drug-likeness (QED) is 0.720. The van der Waals surface area contributed by atoms with Gasteiger partial charge in [-0.05, 0) is 50.1 Å². The maximum Gasteiger partial charge on any atom is 0.165 e. The summed E-state index contributed by atoms with van der Waals surface area (Å²) in [5.74, 6) is 2.70. The minimum Gasteiger partial charge on any atom is -0.497 e. The van der Waals surface area contributed by atoms with Crippen LogP contribution in [0.5, 0.6) is 5.75 Å². The molecule has 0 amide bonds. The lowest BCUT2D eigenvalue weighted by Gasteiger charge is -2.34. The van der Waals surface area contributed by atoms with Crippen LogP contribution < -0.4 is 4.74 Å². The molecule has 23 heavy (non-hydrogen) atoms. The molecule has 0 saturated heterocycles. The lowest BCUT2D eigenvalue weighted by Crippen LogP contribution is -2.33. The van der Waals surface area contributed by atoms with Crippen molar-refractivity contribution in [1.82, 2.24) is 14.8 Å². The number of ether oxygens (including phenoxy) is 1. The van der Waals surface area contributed by atoms with Crippen LogP contribution in [0.2, 0.25) is 0 Å². The van der Waals surface area contributed by atoms with E-state index in [4.69, 9.17) is 4.74 Å². The van der Waals surface area contributed by atoms with Crippen molar-refractivity contribution < 1.29 is 4.74 Å². The summed E-state index contributed by atoms with van der Waals surface area (Å²) in [4.78, 5) is 0. The van der Waals surface area contributed by atoms with Gasteiger partial charge in [-0.3, -0.25) is 0 Å². The minimum atomic E-state index is -0.0670. The molecule has 0 aliphatic carbocycles. The van der Waals surface area contributed by atoms with E-state index < -0.39 is 0 Å². The summed E-state index contributed by atoms with van der Waals surface area (Å²) >= 11 is 0. The number of nitrogens with zero attached hydrogens (tertiary/aromatic N) is 3. The Balaban J connectivity index is 1.91. The zero-order chi connectivity index (χ0) is 16.0. The van der Waals surface area contributed by atoms with E-state index in [0.29, 0.717) is 0 Å². The van der Waals surface area contributed by atoms with Crippen molar-refractivity contribution in [2.24, 2.45) is 0 Å². The van der Waals surface area contributed by atoms with Gasteiger partial charge in [-0.15, -0.1) is 10.2 Å². The van der Waals surface area contributed by atoms with E-state index in [1.54, 1.807) is 7.11 Å². The second kappa shape index (κ2) is 4.95. The summed E-state index contributed by atoms with van der Waals surface area (Å²) in [7, 11) is 1.67. The molecule has 2 heterocycles. The summed E-state index contributed by atoms with van der Waals surface area (Å²) in [5.41, 5.74) is 3.50. The lowest BCUT2D eigenvalue weighted by molar-refractivity contribution is 0.351. The highest BCUT2D eigenvalue weighted by atomic mass is 16.5. The first-order valence-corrected chi connectivity index (χ1v) is 7.79. The molecule has 1 aliphatic heterocycles. The SMILES string of the molecule is COc1ccc(-c2nnc3n2C(C)(C)Cc2ccccc2-3)cc1. The Hall–Kier alpha value is -2.62. The predicted octanol–water partition coefficient (Wildman–Crippen LogP) is 3.91. The molecule has 0 spiro atoms. The fourth-order valence-electron chi connectivity index (χ4n) is 3.40. The van der Waals surface area contributed by atoms with E-state index in [1.165, 1.54) is 11.1 Å². The number of rotatable bonds is 2. The molecule has 0 radical (unpaired) electrons. The van der Waals surface area contributed by atoms with Crippen molar-refractivity contribution >= 4 is 0 Å². The molecule has 4 nitrogen and oxygen atoms in total. The van der Waals surface area contributed by atoms with Crippen molar-refractivity contribution in [2.45, 2.75) is 25.8 Å². The lowest BCUT2D eigenvalue weighted by atomic mass is 9.87. The zero-order valence-electron chi connectivity index (χ0n) is 13.6. The molecule has 1 aromatic heterocycles. The highest BCUT2D eigenvalue weighted by molar-refractivity contribution is 5.68. The Morgan fingerprint density at radius 1 is 0.957 bits per heavy atom. The average Bonchev–Trinajstić information content (AvgIpc) is 3.01. The topological polar surface area (TPSA) is 39.9 Å². The van der Waals surface area contributed by atoms with Crippen molar-refractivity contribution in [1.29, 1.82) is 0 Å². The minimum absolute atomic E-state index is 0.0670. The van der Waals surface area contributed by atoms with Crippen LogP contribution in [0.1, 0.15) is 19.4 Å². The van der Waals surface area contributed by atoms with E-state index >= 15 is 0 Å². The van der Waals surface area contributed by atoms with Gasteiger partial charge >= 0.3 is 0 Å². The summed E-state index contributed by atoms with van der Waals surface area (Å²) < 4.78 is 7.50. The van der Waals surface area contributed by atoms with Gasteiger partial charge in [0, 0.05) is 16.7 Å². The Bertz CT molecular complexity index is 863. The number of hydrogen-bond acceptors (Lipinski definition) is 3. The predicted molar refractivity (Wildman–Crippen MR) is 90.5 cm³/mol. The van der Waals surface area contributed by atoms with Crippen molar-refractivity contribution in [3.63, 3.8) is 0 Å². The molecule has 4 heteroatoms. The normalized spacial score (nSPS) is 14.9. The standard InChI is InChI=1S/C19H19N3O/c1-19(2)12-14-6-4-5-7-16(14)18-21-20-17(22(18)19)13-8-10-15(23-3)11-9-13/h4-11H,12H2,1-3H3. The van der Waals surface area contributed by atoms with Crippen LogP contribution in [-0.2, 0) is 12.0 Å². The first-order valence-electron chi connectivity index (χ1n) is 7.79. The highest BCUT2D eigenvalue weighted by Gasteiger charge is 2.34. The first kappa shape index (κ1) is 14.0. The summed E-state index contributed by atoms with van der Waals surface area (Å²) in [6.45, 7) is 4.48. The van der Waals surface area contributed by atoms with Crippen LogP contribution in [0, 0.1) is 0 Å². The maximum atomic E-state index is 5.24. The maximum absolute atomic E-state index is 5.24. The van der Waals surface area contributed by atoms with Crippen LogP contribution in [-0.4, -0.2) is 21.9 Å². The zero-order valence-corrected chi connectivity index (χ0v) is 13.6. The Morgan fingerprint density at radius 2 is 1.65 bits per heavy atom. The van der Waals surface area contributed by atoms with Gasteiger partial charge in [-0.25, -0.2) is 0 Å². The number of fused-ring (bicyclic) bond motifs is 3. The molecule has 116 valence electrons. The summed E-state index contributed by atoms with van der Waals surface area (Å²) in [6, 6.07) is 16.4. The molecule has 0 unspecified atom stereocenters. The molecule has 4 rings (SSSR count). The molecule has 0 fully saturated rings. The molecule has 0 atom stereocenters. The Labute approximate surface area is 135 Å². The number of benzene rings is 2. The third kappa shape index (κ3) is 2.13. The Kier molecular flexibility index (Phi) is 3.01.